The highest BCUT2D eigenvalue weighted by molar-refractivity contribution is 5.97. The summed E-state index contributed by atoms with van der Waals surface area (Å²) in [4.78, 5) is 26.6. The van der Waals surface area contributed by atoms with Crippen molar-refractivity contribution in [1.82, 2.24) is 0 Å². The molecule has 0 N–H and O–H groups in total. The maximum atomic E-state index is 12.8. The number of ether oxygens (including phenoxy) is 4. The minimum Gasteiger partial charge on any atom is -0.493 e. The van der Waals surface area contributed by atoms with Crippen molar-refractivity contribution in [3.8, 4) is 11.5 Å². The Bertz CT molecular complexity index is 660. The number of anilines is 1. The van der Waals surface area contributed by atoms with Crippen LogP contribution in [0.1, 0.15) is 39.2 Å². The fourth-order valence-corrected chi connectivity index (χ4v) is 2.92. The van der Waals surface area contributed by atoms with Crippen molar-refractivity contribution >= 4 is 17.7 Å². The lowest BCUT2D eigenvalue weighted by molar-refractivity contribution is -0.145. The van der Waals surface area contributed by atoms with Crippen LogP contribution in [-0.2, 0) is 20.7 Å². The van der Waals surface area contributed by atoms with Gasteiger partial charge in [-0.25, -0.2) is 9.59 Å². The zero-order valence-electron chi connectivity index (χ0n) is 16.0. The molecule has 0 spiro atoms. The molecule has 1 aromatic rings. The van der Waals surface area contributed by atoms with Gasteiger partial charge < -0.3 is 18.9 Å². The molecule has 1 aliphatic rings. The molecular formula is C19H27NO6. The van der Waals surface area contributed by atoms with Gasteiger partial charge in [0.05, 0.1) is 26.5 Å². The Labute approximate surface area is 154 Å². The normalized spacial score (nSPS) is 17.1. The van der Waals surface area contributed by atoms with Crippen molar-refractivity contribution in [3.05, 3.63) is 17.7 Å². The van der Waals surface area contributed by atoms with E-state index >= 15 is 0 Å². The van der Waals surface area contributed by atoms with Crippen LogP contribution in [0.25, 0.3) is 0 Å². The first-order chi connectivity index (χ1) is 12.5. The summed E-state index contributed by atoms with van der Waals surface area (Å²) in [5.74, 6) is 0.627. The van der Waals surface area contributed by atoms with Gasteiger partial charge in [0.15, 0.2) is 11.5 Å². The van der Waals surface area contributed by atoms with E-state index in [1.807, 2.05) is 19.9 Å². The number of esters is 1. The molecule has 2 atom stereocenters. The summed E-state index contributed by atoms with van der Waals surface area (Å²) in [6, 6.07) is 2.81. The minimum atomic E-state index is -0.725. The third kappa shape index (κ3) is 4.03. The summed E-state index contributed by atoms with van der Waals surface area (Å²) < 4.78 is 21.4. The molecule has 144 valence electrons. The van der Waals surface area contributed by atoms with Gasteiger partial charge in [0.1, 0.15) is 12.1 Å². The molecule has 26 heavy (non-hydrogen) atoms. The Kier molecular flexibility index (Phi) is 6.71. The van der Waals surface area contributed by atoms with Crippen molar-refractivity contribution < 1.29 is 28.5 Å². The highest BCUT2D eigenvalue weighted by atomic mass is 16.6. The maximum Gasteiger partial charge on any atom is 0.415 e. The number of hydrogen-bond donors (Lipinski definition) is 0. The van der Waals surface area contributed by atoms with E-state index in [0.717, 1.165) is 5.56 Å². The zero-order valence-corrected chi connectivity index (χ0v) is 16.0. The highest BCUT2D eigenvalue weighted by Crippen LogP contribution is 2.40. The lowest BCUT2D eigenvalue weighted by Crippen LogP contribution is -2.49. The number of aryl methyl sites for hydroxylation is 1. The topological polar surface area (TPSA) is 74.3 Å². The number of methoxy groups -OCH3 is 2. The van der Waals surface area contributed by atoms with Crippen LogP contribution in [0.4, 0.5) is 10.5 Å². The van der Waals surface area contributed by atoms with Crippen LogP contribution in [0.3, 0.4) is 0 Å². The van der Waals surface area contributed by atoms with Crippen molar-refractivity contribution in [2.24, 2.45) is 0 Å². The predicted octanol–water partition coefficient (Wildman–Crippen LogP) is 3.32. The molecule has 2 unspecified atom stereocenters. The van der Waals surface area contributed by atoms with E-state index < -0.39 is 18.1 Å². The largest absolute Gasteiger partial charge is 0.493 e. The van der Waals surface area contributed by atoms with Crippen molar-refractivity contribution in [2.75, 3.05) is 25.7 Å². The Morgan fingerprint density at radius 2 is 1.85 bits per heavy atom. The van der Waals surface area contributed by atoms with E-state index in [4.69, 9.17) is 18.9 Å². The van der Waals surface area contributed by atoms with E-state index in [0.29, 0.717) is 36.4 Å². The number of carbonyl (C=O) groups excluding carboxylic acids is 2. The summed E-state index contributed by atoms with van der Waals surface area (Å²) in [7, 11) is 3.08. The van der Waals surface area contributed by atoms with E-state index in [-0.39, 0.29) is 12.7 Å². The molecule has 0 bridgehead atoms. The Morgan fingerprint density at radius 3 is 2.42 bits per heavy atom. The molecule has 0 fully saturated rings. The third-order valence-electron chi connectivity index (χ3n) is 4.48. The summed E-state index contributed by atoms with van der Waals surface area (Å²) in [5.41, 5.74) is 1.48. The first-order valence-electron chi connectivity index (χ1n) is 8.88. The molecule has 1 aliphatic heterocycles. The van der Waals surface area contributed by atoms with Crippen LogP contribution in [-0.4, -0.2) is 45.0 Å². The van der Waals surface area contributed by atoms with Crippen LogP contribution < -0.4 is 14.4 Å². The average molecular weight is 365 g/mol. The second-order valence-corrected chi connectivity index (χ2v) is 6.12. The minimum absolute atomic E-state index is 0.252. The number of nitrogens with zero attached hydrogens (tertiary/aromatic N) is 1. The number of benzene rings is 1. The van der Waals surface area contributed by atoms with Crippen LogP contribution in [0.15, 0.2) is 12.1 Å². The fraction of sp³-hybridized carbons (Fsp3) is 0.579. The van der Waals surface area contributed by atoms with Gasteiger partial charge in [-0.1, -0.05) is 6.92 Å². The molecule has 0 aromatic heterocycles. The molecule has 0 radical (unpaired) electrons. The molecular weight excluding hydrogens is 338 g/mol. The molecule has 0 saturated heterocycles. The van der Waals surface area contributed by atoms with Gasteiger partial charge in [-0.2, -0.15) is 0 Å². The van der Waals surface area contributed by atoms with E-state index in [1.54, 1.807) is 20.1 Å². The first kappa shape index (κ1) is 19.9. The van der Waals surface area contributed by atoms with Crippen molar-refractivity contribution in [2.45, 2.75) is 52.2 Å². The maximum absolute atomic E-state index is 12.8. The van der Waals surface area contributed by atoms with E-state index in [1.165, 1.54) is 12.0 Å². The molecule has 0 aliphatic carbocycles. The van der Waals surface area contributed by atoms with E-state index in [9.17, 15) is 9.59 Å². The van der Waals surface area contributed by atoms with Crippen LogP contribution in [0, 0.1) is 0 Å². The lowest BCUT2D eigenvalue weighted by Gasteiger charge is -2.35. The number of amides is 1. The van der Waals surface area contributed by atoms with Gasteiger partial charge in [0, 0.05) is 6.07 Å². The third-order valence-corrected chi connectivity index (χ3v) is 4.48. The zero-order chi connectivity index (χ0) is 19.3. The van der Waals surface area contributed by atoms with Gasteiger partial charge >= 0.3 is 12.1 Å². The number of hydrogen-bond acceptors (Lipinski definition) is 6. The second kappa shape index (κ2) is 8.78. The van der Waals surface area contributed by atoms with Crippen LogP contribution >= 0.6 is 0 Å². The summed E-state index contributed by atoms with van der Waals surface area (Å²) in [5, 5.41) is 0. The smallest absolute Gasteiger partial charge is 0.415 e. The van der Waals surface area contributed by atoms with Crippen molar-refractivity contribution in [3.63, 3.8) is 0 Å². The SMILES string of the molecule is CCOC(=O)C1CCc2cc(OC)c(OC)cc2N1C(=O)OC(C)CC. The Morgan fingerprint density at radius 1 is 1.19 bits per heavy atom. The van der Waals surface area contributed by atoms with E-state index in [2.05, 4.69) is 0 Å². The molecule has 7 nitrogen and oxygen atoms in total. The lowest BCUT2D eigenvalue weighted by atomic mass is 9.95. The Balaban J connectivity index is 2.48. The monoisotopic (exact) mass is 365 g/mol. The van der Waals surface area contributed by atoms with Gasteiger partial charge in [0.25, 0.3) is 0 Å². The summed E-state index contributed by atoms with van der Waals surface area (Å²) in [6.45, 7) is 5.74. The number of carbonyl (C=O) groups is 2. The highest BCUT2D eigenvalue weighted by Gasteiger charge is 2.39. The second-order valence-electron chi connectivity index (χ2n) is 6.12. The summed E-state index contributed by atoms with van der Waals surface area (Å²) in [6.07, 6.45) is 0.937. The molecule has 7 heteroatoms. The molecule has 1 heterocycles. The molecule has 2 rings (SSSR count). The van der Waals surface area contributed by atoms with Crippen LogP contribution in [0.5, 0.6) is 11.5 Å². The van der Waals surface area contributed by atoms with Gasteiger partial charge in [-0.3, -0.25) is 4.90 Å². The molecule has 0 saturated carbocycles. The van der Waals surface area contributed by atoms with Gasteiger partial charge in [-0.15, -0.1) is 0 Å². The average Bonchev–Trinajstić information content (AvgIpc) is 2.65. The molecule has 1 aromatic carbocycles. The predicted molar refractivity (Wildman–Crippen MR) is 97.0 cm³/mol. The van der Waals surface area contributed by atoms with Crippen molar-refractivity contribution in [1.29, 1.82) is 0 Å². The van der Waals surface area contributed by atoms with Gasteiger partial charge in [0.2, 0.25) is 0 Å². The standard InChI is InChI=1S/C19H27NO6/c1-6-12(3)26-19(22)20-14(18(21)25-7-2)9-8-13-10-16(23-4)17(24-5)11-15(13)20/h10-12,14H,6-9H2,1-5H3. The quantitative estimate of drug-likeness (QED) is 0.720. The van der Waals surface area contributed by atoms with Crippen LogP contribution in [0.2, 0.25) is 0 Å². The molecule has 1 amide bonds. The fourth-order valence-electron chi connectivity index (χ4n) is 2.92. The number of rotatable bonds is 6. The first-order valence-corrected chi connectivity index (χ1v) is 8.88. The summed E-state index contributed by atoms with van der Waals surface area (Å²) >= 11 is 0. The van der Waals surface area contributed by atoms with Gasteiger partial charge in [-0.05, 0) is 44.7 Å². The number of fused-ring (bicyclic) bond motifs is 1. The Hall–Kier alpha value is -2.44.